The van der Waals surface area contributed by atoms with Crippen molar-refractivity contribution in [3.8, 4) is 0 Å². The highest BCUT2D eigenvalue weighted by molar-refractivity contribution is 14.1. The number of nitrogens with zero attached hydrogens (tertiary/aromatic N) is 2. The minimum atomic E-state index is -0.485. The normalized spacial score (nSPS) is 10.5. The molecule has 7 heteroatoms. The summed E-state index contributed by atoms with van der Waals surface area (Å²) in [6.07, 6.45) is 1.36. The van der Waals surface area contributed by atoms with Gasteiger partial charge in [-0.25, -0.2) is 5.43 Å². The smallest absolute Gasteiger partial charge is 0.267 e. The minimum Gasteiger partial charge on any atom is -0.267 e. The van der Waals surface area contributed by atoms with E-state index in [0.717, 1.165) is 3.57 Å². The van der Waals surface area contributed by atoms with Crippen LogP contribution in [0.15, 0.2) is 53.6 Å². The van der Waals surface area contributed by atoms with Crippen molar-refractivity contribution in [3.63, 3.8) is 0 Å². The maximum absolute atomic E-state index is 11.8. The summed E-state index contributed by atoms with van der Waals surface area (Å²) >= 11 is 2.15. The molecule has 0 radical (unpaired) electrons. The number of carbonyl (C=O) groups excluding carboxylic acids is 1. The molecule has 2 aromatic rings. The number of hydrogen-bond acceptors (Lipinski definition) is 4. The predicted molar refractivity (Wildman–Crippen MR) is 87.3 cm³/mol. The monoisotopic (exact) mass is 395 g/mol. The molecule has 1 amide bonds. The first-order chi connectivity index (χ1) is 10.1. The second kappa shape index (κ2) is 6.93. The first-order valence-corrected chi connectivity index (χ1v) is 6.97. The fourth-order valence-corrected chi connectivity index (χ4v) is 1.91. The van der Waals surface area contributed by atoms with Gasteiger partial charge in [0, 0.05) is 26.8 Å². The van der Waals surface area contributed by atoms with Crippen molar-refractivity contribution in [1.82, 2.24) is 5.43 Å². The lowest BCUT2D eigenvalue weighted by atomic mass is 10.2. The van der Waals surface area contributed by atoms with Crippen LogP contribution in [0.25, 0.3) is 0 Å². The summed E-state index contributed by atoms with van der Waals surface area (Å²) in [4.78, 5) is 21.9. The first kappa shape index (κ1) is 15.1. The molecule has 0 atom stereocenters. The Bertz CT molecular complexity index is 699. The van der Waals surface area contributed by atoms with E-state index in [9.17, 15) is 14.9 Å². The third-order valence-corrected chi connectivity index (χ3v) is 3.29. The minimum absolute atomic E-state index is 0.0251. The molecule has 1 N–H and O–H groups in total. The Balaban J connectivity index is 2.02. The van der Waals surface area contributed by atoms with Crippen LogP contribution >= 0.6 is 22.6 Å². The van der Waals surface area contributed by atoms with Gasteiger partial charge in [-0.1, -0.05) is 12.1 Å². The molecule has 0 aromatic heterocycles. The van der Waals surface area contributed by atoms with E-state index in [2.05, 4.69) is 33.1 Å². The summed E-state index contributed by atoms with van der Waals surface area (Å²) < 4.78 is 1.03. The summed E-state index contributed by atoms with van der Waals surface area (Å²) in [5.74, 6) is -0.340. The lowest BCUT2D eigenvalue weighted by Gasteiger charge is -1.99. The number of non-ortho nitro benzene ring substituents is 1. The van der Waals surface area contributed by atoms with Crippen molar-refractivity contribution in [1.29, 1.82) is 0 Å². The predicted octanol–water partition coefficient (Wildman–Crippen LogP) is 2.96. The van der Waals surface area contributed by atoms with E-state index in [0.29, 0.717) is 11.1 Å². The van der Waals surface area contributed by atoms with Gasteiger partial charge in [0.05, 0.1) is 11.1 Å². The second-order valence-electron chi connectivity index (χ2n) is 4.06. The molecule has 0 saturated carbocycles. The summed E-state index contributed by atoms with van der Waals surface area (Å²) in [6.45, 7) is 0. The molecule has 0 bridgehead atoms. The highest BCUT2D eigenvalue weighted by atomic mass is 127. The summed E-state index contributed by atoms with van der Waals surface area (Å²) in [5.41, 5.74) is 3.38. The Morgan fingerprint density at radius 2 is 1.95 bits per heavy atom. The van der Waals surface area contributed by atoms with E-state index in [1.165, 1.54) is 18.3 Å². The number of nitrogens with one attached hydrogen (secondary N) is 1. The molecule has 0 saturated heterocycles. The Hall–Kier alpha value is -2.29. The number of nitro benzene ring substituents is 1. The third-order valence-electron chi connectivity index (χ3n) is 2.57. The molecule has 0 aliphatic carbocycles. The molecular formula is C14H10IN3O3. The molecule has 0 aliphatic rings. The van der Waals surface area contributed by atoms with Gasteiger partial charge in [-0.2, -0.15) is 5.10 Å². The number of carbonyl (C=O) groups is 1. The fourth-order valence-electron chi connectivity index (χ4n) is 1.55. The van der Waals surface area contributed by atoms with Crippen LogP contribution in [0.2, 0.25) is 0 Å². The zero-order valence-electron chi connectivity index (χ0n) is 10.7. The highest BCUT2D eigenvalue weighted by Crippen LogP contribution is 2.11. The molecule has 2 aromatic carbocycles. The SMILES string of the molecule is O=C(N/N=C\c1cccc([N+](=O)[O-])c1)c1ccc(I)cc1. The van der Waals surface area contributed by atoms with Crippen molar-refractivity contribution < 1.29 is 9.72 Å². The third kappa shape index (κ3) is 4.35. The fraction of sp³-hybridized carbons (Fsp3) is 0. The van der Waals surface area contributed by atoms with Gasteiger partial charge in [0.2, 0.25) is 0 Å². The average molecular weight is 395 g/mol. The molecule has 0 spiro atoms. The highest BCUT2D eigenvalue weighted by Gasteiger charge is 2.05. The summed E-state index contributed by atoms with van der Waals surface area (Å²) in [7, 11) is 0. The van der Waals surface area contributed by atoms with Gasteiger partial charge in [-0.05, 0) is 46.9 Å². The van der Waals surface area contributed by atoms with Crippen LogP contribution in [0.1, 0.15) is 15.9 Å². The lowest BCUT2D eigenvalue weighted by Crippen LogP contribution is -2.17. The van der Waals surface area contributed by atoms with Crippen molar-refractivity contribution in [2.75, 3.05) is 0 Å². The molecule has 21 heavy (non-hydrogen) atoms. The van der Waals surface area contributed by atoms with Crippen LogP contribution in [0.3, 0.4) is 0 Å². The molecule has 0 unspecified atom stereocenters. The van der Waals surface area contributed by atoms with Crippen molar-refractivity contribution in [2.24, 2.45) is 5.10 Å². The van der Waals surface area contributed by atoms with Gasteiger partial charge in [-0.15, -0.1) is 0 Å². The molecule has 0 heterocycles. The number of rotatable bonds is 4. The standard InChI is InChI=1S/C14H10IN3O3/c15-12-6-4-11(5-7-12)14(19)17-16-9-10-2-1-3-13(8-10)18(20)21/h1-9H,(H,17,19)/b16-9-. The van der Waals surface area contributed by atoms with Gasteiger partial charge < -0.3 is 0 Å². The van der Waals surface area contributed by atoms with Gasteiger partial charge in [0.15, 0.2) is 0 Å². The van der Waals surface area contributed by atoms with Gasteiger partial charge in [-0.3, -0.25) is 14.9 Å². The maximum Gasteiger partial charge on any atom is 0.271 e. The molecule has 0 aliphatic heterocycles. The molecule has 2 rings (SSSR count). The zero-order valence-corrected chi connectivity index (χ0v) is 12.9. The number of hydrogen-bond donors (Lipinski definition) is 1. The number of nitro groups is 1. The zero-order chi connectivity index (χ0) is 15.2. The van der Waals surface area contributed by atoms with E-state index < -0.39 is 4.92 Å². The number of hydrazone groups is 1. The number of benzene rings is 2. The molecular weight excluding hydrogens is 385 g/mol. The Morgan fingerprint density at radius 1 is 1.24 bits per heavy atom. The molecule has 106 valence electrons. The maximum atomic E-state index is 11.8. The van der Waals surface area contributed by atoms with E-state index in [1.807, 2.05) is 12.1 Å². The molecule has 6 nitrogen and oxygen atoms in total. The average Bonchev–Trinajstić information content (AvgIpc) is 2.48. The largest absolute Gasteiger partial charge is 0.271 e. The Labute approximate surface area is 134 Å². The van der Waals surface area contributed by atoms with Crippen LogP contribution in [-0.2, 0) is 0 Å². The number of halogens is 1. The van der Waals surface area contributed by atoms with Gasteiger partial charge >= 0.3 is 0 Å². The van der Waals surface area contributed by atoms with Crippen molar-refractivity contribution in [3.05, 3.63) is 73.3 Å². The van der Waals surface area contributed by atoms with E-state index >= 15 is 0 Å². The quantitative estimate of drug-likeness (QED) is 0.374. The second-order valence-corrected chi connectivity index (χ2v) is 5.30. The first-order valence-electron chi connectivity index (χ1n) is 5.90. The van der Waals surface area contributed by atoms with Crippen LogP contribution < -0.4 is 5.43 Å². The van der Waals surface area contributed by atoms with Gasteiger partial charge in [0.1, 0.15) is 0 Å². The van der Waals surface area contributed by atoms with Gasteiger partial charge in [0.25, 0.3) is 11.6 Å². The van der Waals surface area contributed by atoms with E-state index in [-0.39, 0.29) is 11.6 Å². The van der Waals surface area contributed by atoms with E-state index in [4.69, 9.17) is 0 Å². The van der Waals surface area contributed by atoms with Crippen molar-refractivity contribution in [2.45, 2.75) is 0 Å². The van der Waals surface area contributed by atoms with E-state index in [1.54, 1.807) is 24.3 Å². The van der Waals surface area contributed by atoms with Crippen LogP contribution in [-0.4, -0.2) is 17.0 Å². The Morgan fingerprint density at radius 3 is 2.62 bits per heavy atom. The van der Waals surface area contributed by atoms with Crippen molar-refractivity contribution >= 4 is 40.4 Å². The summed E-state index contributed by atoms with van der Waals surface area (Å²) in [6, 6.07) is 13.0. The topological polar surface area (TPSA) is 84.6 Å². The summed E-state index contributed by atoms with van der Waals surface area (Å²) in [5, 5.41) is 14.4. The molecule has 0 fully saturated rings. The lowest BCUT2D eigenvalue weighted by molar-refractivity contribution is -0.384. The van der Waals surface area contributed by atoms with Crippen LogP contribution in [0.5, 0.6) is 0 Å². The van der Waals surface area contributed by atoms with Crippen LogP contribution in [0, 0.1) is 13.7 Å². The number of amides is 1. The van der Waals surface area contributed by atoms with Crippen LogP contribution in [0.4, 0.5) is 5.69 Å². The Kier molecular flexibility index (Phi) is 4.99.